The summed E-state index contributed by atoms with van der Waals surface area (Å²) in [5.74, 6) is -2.20. The van der Waals surface area contributed by atoms with Gasteiger partial charge in [0.15, 0.2) is 11.6 Å². The highest BCUT2D eigenvalue weighted by molar-refractivity contribution is 6.31. The van der Waals surface area contributed by atoms with Gasteiger partial charge in [-0.15, -0.1) is 0 Å². The summed E-state index contributed by atoms with van der Waals surface area (Å²) in [6.45, 7) is 10.1. The number of ketones is 2. The van der Waals surface area contributed by atoms with Crippen molar-refractivity contribution in [3.8, 4) is 5.75 Å². The first-order chi connectivity index (χ1) is 13.2. The highest BCUT2D eigenvalue weighted by Crippen LogP contribution is 2.38. The van der Waals surface area contributed by atoms with Crippen molar-refractivity contribution in [2.24, 2.45) is 0 Å². The van der Waals surface area contributed by atoms with Gasteiger partial charge in [-0.05, 0) is 26.0 Å². The summed E-state index contributed by atoms with van der Waals surface area (Å²) in [6, 6.07) is 9.14. The number of hydrogen-bond acceptors (Lipinski definition) is 5. The molecule has 1 aliphatic carbocycles. The van der Waals surface area contributed by atoms with Gasteiger partial charge in [-0.2, -0.15) is 0 Å². The van der Waals surface area contributed by atoms with Crippen LogP contribution in [-0.4, -0.2) is 23.4 Å². The SMILES string of the molecule is C=C(C)C(=O)Nc1ccc(OC(=O)C(=C)C)c2c1C(=O)c1ccccc1C2=O. The molecular formula is C22H17NO5. The third kappa shape index (κ3) is 3.16. The molecule has 0 atom stereocenters. The fourth-order valence-corrected chi connectivity index (χ4v) is 2.80. The van der Waals surface area contributed by atoms with Crippen LogP contribution in [0.1, 0.15) is 45.7 Å². The Balaban J connectivity index is 2.23. The number of carbonyl (C=O) groups is 4. The lowest BCUT2D eigenvalue weighted by Crippen LogP contribution is -2.25. The zero-order valence-electron chi connectivity index (χ0n) is 15.4. The van der Waals surface area contributed by atoms with Gasteiger partial charge >= 0.3 is 5.97 Å². The molecule has 0 aromatic heterocycles. The minimum Gasteiger partial charge on any atom is -0.422 e. The quantitative estimate of drug-likeness (QED) is 0.428. The zero-order valence-corrected chi connectivity index (χ0v) is 15.4. The second-order valence-electron chi connectivity index (χ2n) is 6.47. The van der Waals surface area contributed by atoms with Crippen LogP contribution in [0.25, 0.3) is 0 Å². The van der Waals surface area contributed by atoms with E-state index in [-0.39, 0.29) is 44.8 Å². The van der Waals surface area contributed by atoms with Crippen LogP contribution in [0.3, 0.4) is 0 Å². The van der Waals surface area contributed by atoms with E-state index >= 15 is 0 Å². The van der Waals surface area contributed by atoms with Crippen LogP contribution in [-0.2, 0) is 9.59 Å². The van der Waals surface area contributed by atoms with Gasteiger partial charge in [0, 0.05) is 22.3 Å². The summed E-state index contributed by atoms with van der Waals surface area (Å²) < 4.78 is 5.27. The Morgan fingerprint density at radius 1 is 0.857 bits per heavy atom. The normalized spacial score (nSPS) is 11.9. The van der Waals surface area contributed by atoms with Crippen molar-refractivity contribution < 1.29 is 23.9 Å². The molecule has 0 unspecified atom stereocenters. The largest absolute Gasteiger partial charge is 0.422 e. The summed E-state index contributed by atoms with van der Waals surface area (Å²) in [5, 5.41) is 2.59. The van der Waals surface area contributed by atoms with Crippen molar-refractivity contribution in [2.75, 3.05) is 5.32 Å². The Morgan fingerprint density at radius 2 is 1.43 bits per heavy atom. The van der Waals surface area contributed by atoms with Crippen molar-refractivity contribution in [1.29, 1.82) is 0 Å². The molecule has 140 valence electrons. The molecule has 0 heterocycles. The van der Waals surface area contributed by atoms with Crippen LogP contribution in [0.2, 0.25) is 0 Å². The number of ether oxygens (including phenoxy) is 1. The topological polar surface area (TPSA) is 89.5 Å². The number of anilines is 1. The Kier molecular flexibility index (Phi) is 4.79. The van der Waals surface area contributed by atoms with Crippen LogP contribution < -0.4 is 10.1 Å². The van der Waals surface area contributed by atoms with E-state index in [1.54, 1.807) is 12.1 Å². The maximum Gasteiger partial charge on any atom is 0.338 e. The minimum atomic E-state index is -0.722. The summed E-state index contributed by atoms with van der Waals surface area (Å²) in [4.78, 5) is 50.3. The van der Waals surface area contributed by atoms with E-state index in [1.165, 1.54) is 38.1 Å². The average molecular weight is 375 g/mol. The van der Waals surface area contributed by atoms with Gasteiger partial charge in [-0.25, -0.2) is 4.79 Å². The van der Waals surface area contributed by atoms with Crippen LogP contribution in [0.15, 0.2) is 60.7 Å². The van der Waals surface area contributed by atoms with E-state index in [0.717, 1.165) is 0 Å². The number of nitrogens with one attached hydrogen (secondary N) is 1. The highest BCUT2D eigenvalue weighted by Gasteiger charge is 2.35. The average Bonchev–Trinajstić information content (AvgIpc) is 2.66. The predicted octanol–water partition coefficient (Wildman–Crippen LogP) is 3.46. The molecule has 0 saturated heterocycles. The van der Waals surface area contributed by atoms with Gasteiger partial charge < -0.3 is 10.1 Å². The van der Waals surface area contributed by atoms with Gasteiger partial charge in [-0.3, -0.25) is 14.4 Å². The van der Waals surface area contributed by atoms with E-state index in [2.05, 4.69) is 18.5 Å². The summed E-state index contributed by atoms with van der Waals surface area (Å²) in [7, 11) is 0. The molecule has 6 heteroatoms. The molecule has 1 aliphatic rings. The van der Waals surface area contributed by atoms with Gasteiger partial charge in [-0.1, -0.05) is 37.4 Å². The third-order valence-corrected chi connectivity index (χ3v) is 4.22. The van der Waals surface area contributed by atoms with E-state index in [9.17, 15) is 19.2 Å². The fraction of sp³-hybridized carbons (Fsp3) is 0.0909. The van der Waals surface area contributed by atoms with Gasteiger partial charge in [0.25, 0.3) is 5.91 Å². The van der Waals surface area contributed by atoms with Gasteiger partial charge in [0.2, 0.25) is 0 Å². The predicted molar refractivity (Wildman–Crippen MR) is 104 cm³/mol. The Morgan fingerprint density at radius 3 is 1.96 bits per heavy atom. The van der Waals surface area contributed by atoms with Crippen molar-refractivity contribution >= 4 is 29.1 Å². The number of rotatable bonds is 4. The molecule has 0 saturated carbocycles. The fourth-order valence-electron chi connectivity index (χ4n) is 2.80. The maximum atomic E-state index is 13.1. The molecule has 2 aromatic rings. The second-order valence-corrected chi connectivity index (χ2v) is 6.47. The molecule has 1 amide bonds. The zero-order chi connectivity index (χ0) is 20.6. The standard InChI is InChI=1S/C22H17NO5/c1-11(2)21(26)23-15-9-10-16(28-22(27)12(3)4)18-17(15)19(24)13-7-5-6-8-14(13)20(18)25/h5-10H,1,3H2,2,4H3,(H,23,26). The van der Waals surface area contributed by atoms with E-state index < -0.39 is 23.4 Å². The summed E-state index contributed by atoms with van der Waals surface area (Å²) in [6.07, 6.45) is 0. The van der Waals surface area contributed by atoms with Crippen LogP contribution in [0.5, 0.6) is 5.75 Å². The Hall–Kier alpha value is -3.80. The molecule has 0 radical (unpaired) electrons. The van der Waals surface area contributed by atoms with Crippen molar-refractivity contribution in [3.05, 3.63) is 83.0 Å². The number of fused-ring (bicyclic) bond motifs is 2. The molecule has 0 aliphatic heterocycles. The maximum absolute atomic E-state index is 13.1. The number of hydrogen-bond donors (Lipinski definition) is 1. The number of amides is 1. The molecule has 0 spiro atoms. The molecule has 3 rings (SSSR count). The van der Waals surface area contributed by atoms with E-state index in [0.29, 0.717) is 0 Å². The molecular weight excluding hydrogens is 358 g/mol. The lowest BCUT2D eigenvalue weighted by molar-refractivity contribution is -0.130. The second kappa shape index (κ2) is 7.08. The Bertz CT molecular complexity index is 1010. The van der Waals surface area contributed by atoms with Crippen molar-refractivity contribution in [1.82, 2.24) is 0 Å². The molecule has 0 fully saturated rings. The molecule has 0 bridgehead atoms. The minimum absolute atomic E-state index is 0.0229. The first kappa shape index (κ1) is 19.0. The van der Waals surface area contributed by atoms with Gasteiger partial charge in [0.05, 0.1) is 16.8 Å². The number of carbonyl (C=O) groups excluding carboxylic acids is 4. The third-order valence-electron chi connectivity index (χ3n) is 4.22. The number of benzene rings is 2. The van der Waals surface area contributed by atoms with Crippen molar-refractivity contribution in [3.63, 3.8) is 0 Å². The Labute approximate surface area is 161 Å². The van der Waals surface area contributed by atoms with Gasteiger partial charge in [0.1, 0.15) is 5.75 Å². The molecule has 6 nitrogen and oxygen atoms in total. The van der Waals surface area contributed by atoms with Crippen LogP contribution in [0.4, 0.5) is 5.69 Å². The molecule has 28 heavy (non-hydrogen) atoms. The van der Waals surface area contributed by atoms with Crippen molar-refractivity contribution in [2.45, 2.75) is 13.8 Å². The van der Waals surface area contributed by atoms with Crippen LogP contribution in [0, 0.1) is 0 Å². The smallest absolute Gasteiger partial charge is 0.338 e. The highest BCUT2D eigenvalue weighted by atomic mass is 16.5. The summed E-state index contributed by atoms with van der Waals surface area (Å²) >= 11 is 0. The van der Waals surface area contributed by atoms with Crippen LogP contribution >= 0.6 is 0 Å². The lowest BCUT2D eigenvalue weighted by atomic mass is 9.82. The summed E-state index contributed by atoms with van der Waals surface area (Å²) in [5.41, 5.74) is 0.851. The van der Waals surface area contributed by atoms with E-state index in [4.69, 9.17) is 4.74 Å². The molecule has 2 aromatic carbocycles. The van der Waals surface area contributed by atoms with E-state index in [1.807, 2.05) is 0 Å². The number of esters is 1. The first-order valence-electron chi connectivity index (χ1n) is 8.42. The first-order valence-corrected chi connectivity index (χ1v) is 8.42. The lowest BCUT2D eigenvalue weighted by Gasteiger charge is -2.22. The monoisotopic (exact) mass is 375 g/mol. The molecule has 1 N–H and O–H groups in total.